The molecule has 2 rings (SSSR count). The Kier molecular flexibility index (Phi) is 1.55. The smallest absolute Gasteiger partial charge is 0.336 e. The van der Waals surface area contributed by atoms with Gasteiger partial charge in [-0.25, -0.2) is 9.78 Å². The minimum atomic E-state index is -0.968. The maximum Gasteiger partial charge on any atom is 0.336 e. The van der Waals surface area contributed by atoms with E-state index < -0.39 is 5.97 Å². The molecule has 1 N–H and O–H groups in total. The third-order valence-electron chi connectivity index (χ3n) is 1.48. The highest BCUT2D eigenvalue weighted by atomic mass is 32.1. The maximum absolute atomic E-state index is 10.5. The lowest BCUT2D eigenvalue weighted by Crippen LogP contribution is -1.95. The van der Waals surface area contributed by atoms with E-state index in [2.05, 4.69) is 11.1 Å². The number of aromatic nitrogens is 1. The van der Waals surface area contributed by atoms with Crippen LogP contribution in [0.15, 0.2) is 17.6 Å². The Labute approximate surface area is 72.3 Å². The molecule has 0 aliphatic heterocycles. The largest absolute Gasteiger partial charge is 0.478 e. The quantitative estimate of drug-likeness (QED) is 0.724. The highest BCUT2D eigenvalue weighted by Gasteiger charge is 2.04. The summed E-state index contributed by atoms with van der Waals surface area (Å²) in [6.07, 6.45) is 0. The van der Waals surface area contributed by atoms with Crippen molar-refractivity contribution >= 4 is 27.5 Å². The lowest BCUT2D eigenvalue weighted by atomic mass is 10.2. The molecule has 1 heterocycles. The van der Waals surface area contributed by atoms with Crippen LogP contribution in [0.25, 0.3) is 10.2 Å². The molecule has 0 unspecified atom stereocenters. The van der Waals surface area contributed by atoms with Crippen LogP contribution < -0.4 is 0 Å². The number of carbonyl (C=O) groups is 1. The Morgan fingerprint density at radius 3 is 3.17 bits per heavy atom. The molecule has 0 atom stereocenters. The van der Waals surface area contributed by atoms with E-state index in [4.69, 9.17) is 5.11 Å². The van der Waals surface area contributed by atoms with E-state index in [0.29, 0.717) is 5.52 Å². The van der Waals surface area contributed by atoms with Crippen molar-refractivity contribution in [3.63, 3.8) is 0 Å². The minimum absolute atomic E-state index is 0.161. The van der Waals surface area contributed by atoms with E-state index in [0.717, 1.165) is 4.70 Å². The maximum atomic E-state index is 10.5. The fourth-order valence-corrected chi connectivity index (χ4v) is 1.55. The van der Waals surface area contributed by atoms with Crippen LogP contribution in [0.4, 0.5) is 0 Å². The number of fused-ring (bicyclic) bond motifs is 1. The number of hydrogen-bond acceptors (Lipinski definition) is 3. The molecule has 1 radical (unpaired) electrons. The number of benzene rings is 1. The number of hydrogen-bond donors (Lipinski definition) is 1. The topological polar surface area (TPSA) is 50.2 Å². The molecule has 0 aliphatic carbocycles. The molecule has 0 aliphatic rings. The normalized spacial score (nSPS) is 10.3. The van der Waals surface area contributed by atoms with Gasteiger partial charge in [0.1, 0.15) is 0 Å². The molecule has 1 aromatic heterocycles. The predicted molar refractivity (Wildman–Crippen MR) is 45.4 cm³/mol. The van der Waals surface area contributed by atoms with Gasteiger partial charge in [-0.3, -0.25) is 0 Å². The van der Waals surface area contributed by atoms with E-state index in [-0.39, 0.29) is 5.56 Å². The summed E-state index contributed by atoms with van der Waals surface area (Å²) in [5.41, 5.74) is 2.46. The predicted octanol–water partition coefficient (Wildman–Crippen LogP) is 1.79. The van der Waals surface area contributed by atoms with Crippen molar-refractivity contribution in [1.82, 2.24) is 4.98 Å². The van der Waals surface area contributed by atoms with Crippen LogP contribution in [0.5, 0.6) is 0 Å². The lowest BCUT2D eigenvalue weighted by molar-refractivity contribution is 0.0696. The summed E-state index contributed by atoms with van der Waals surface area (Å²) in [4.78, 5) is 14.5. The van der Waals surface area contributed by atoms with E-state index in [1.165, 1.54) is 17.4 Å². The van der Waals surface area contributed by atoms with E-state index in [9.17, 15) is 4.79 Å². The molecular formula is C8H4NO2S. The Balaban J connectivity index is 2.68. The molecule has 3 nitrogen and oxygen atoms in total. The lowest BCUT2D eigenvalue weighted by Gasteiger charge is -1.91. The number of thiazole rings is 1. The average molecular weight is 178 g/mol. The van der Waals surface area contributed by atoms with Crippen LogP contribution >= 0.6 is 11.3 Å². The van der Waals surface area contributed by atoms with Crippen molar-refractivity contribution in [3.05, 3.63) is 29.3 Å². The molecule has 0 saturated carbocycles. The highest BCUT2D eigenvalue weighted by molar-refractivity contribution is 7.16. The van der Waals surface area contributed by atoms with E-state index in [1.54, 1.807) is 11.6 Å². The summed E-state index contributed by atoms with van der Waals surface area (Å²) in [5, 5.41) is 8.63. The average Bonchev–Trinajstić information content (AvgIpc) is 2.49. The first-order chi connectivity index (χ1) is 5.77. The molecule has 0 amide bonds. The molecule has 1 aromatic carbocycles. The molecular weight excluding hydrogens is 174 g/mol. The Morgan fingerprint density at radius 2 is 2.42 bits per heavy atom. The van der Waals surface area contributed by atoms with E-state index >= 15 is 0 Å². The van der Waals surface area contributed by atoms with Crippen LogP contribution in [0, 0.1) is 6.07 Å². The second-order valence-corrected chi connectivity index (χ2v) is 3.13. The van der Waals surface area contributed by atoms with Gasteiger partial charge >= 0.3 is 5.97 Å². The van der Waals surface area contributed by atoms with Gasteiger partial charge < -0.3 is 5.11 Å². The molecule has 0 saturated heterocycles. The van der Waals surface area contributed by atoms with Gasteiger partial charge in [-0.2, -0.15) is 0 Å². The van der Waals surface area contributed by atoms with Crippen molar-refractivity contribution in [1.29, 1.82) is 0 Å². The van der Waals surface area contributed by atoms with Crippen molar-refractivity contribution in [2.75, 3.05) is 0 Å². The summed E-state index contributed by atoms with van der Waals surface area (Å²) in [5.74, 6) is -0.968. The van der Waals surface area contributed by atoms with Gasteiger partial charge in [0.05, 0.1) is 21.3 Å². The van der Waals surface area contributed by atoms with Gasteiger partial charge in [0, 0.05) is 6.07 Å². The molecule has 2 aromatic rings. The number of nitrogens with zero attached hydrogens (tertiary/aromatic N) is 1. The van der Waals surface area contributed by atoms with Crippen LogP contribution in [0.3, 0.4) is 0 Å². The minimum Gasteiger partial charge on any atom is -0.478 e. The fraction of sp³-hybridized carbons (Fsp3) is 0. The van der Waals surface area contributed by atoms with Gasteiger partial charge in [-0.1, -0.05) is 0 Å². The second-order valence-electron chi connectivity index (χ2n) is 2.24. The summed E-state index contributed by atoms with van der Waals surface area (Å²) >= 11 is 1.47. The SMILES string of the molecule is O=C(O)c1[c]c2ncsc2cc1. The van der Waals surface area contributed by atoms with Gasteiger partial charge in [0.25, 0.3) is 0 Å². The molecule has 0 bridgehead atoms. The molecule has 59 valence electrons. The zero-order valence-electron chi connectivity index (χ0n) is 5.94. The van der Waals surface area contributed by atoms with Gasteiger partial charge in [-0.15, -0.1) is 11.3 Å². The number of carboxylic acids is 1. The molecule has 0 fully saturated rings. The van der Waals surface area contributed by atoms with Crippen LogP contribution in [0.2, 0.25) is 0 Å². The summed E-state index contributed by atoms with van der Waals surface area (Å²) in [6, 6.07) is 5.98. The number of aromatic carboxylic acids is 1. The zero-order chi connectivity index (χ0) is 8.55. The Bertz CT molecular complexity index is 435. The Hall–Kier alpha value is -1.42. The summed E-state index contributed by atoms with van der Waals surface area (Å²) in [7, 11) is 0. The van der Waals surface area contributed by atoms with Crippen molar-refractivity contribution in [2.45, 2.75) is 0 Å². The summed E-state index contributed by atoms with van der Waals surface area (Å²) in [6.45, 7) is 0. The standard InChI is InChI=1S/C8H4NO2S/c10-8(11)5-1-2-7-6(3-5)9-4-12-7/h1-2,4H,(H,10,11). The van der Waals surface area contributed by atoms with Crippen LogP contribution in [0.1, 0.15) is 10.4 Å². The Morgan fingerprint density at radius 1 is 1.58 bits per heavy atom. The van der Waals surface area contributed by atoms with Crippen molar-refractivity contribution in [3.8, 4) is 0 Å². The second kappa shape index (κ2) is 2.57. The molecule has 4 heteroatoms. The van der Waals surface area contributed by atoms with Gasteiger partial charge in [-0.05, 0) is 12.1 Å². The monoisotopic (exact) mass is 178 g/mol. The first-order valence-electron chi connectivity index (χ1n) is 3.26. The number of rotatable bonds is 1. The molecule has 12 heavy (non-hydrogen) atoms. The van der Waals surface area contributed by atoms with Crippen molar-refractivity contribution < 1.29 is 9.90 Å². The first-order valence-corrected chi connectivity index (χ1v) is 4.14. The van der Waals surface area contributed by atoms with Gasteiger partial charge in [0.2, 0.25) is 0 Å². The summed E-state index contributed by atoms with van der Waals surface area (Å²) < 4.78 is 0.958. The molecule has 0 spiro atoms. The third kappa shape index (κ3) is 1.06. The van der Waals surface area contributed by atoms with Crippen LogP contribution in [-0.2, 0) is 0 Å². The number of carboxylic acid groups (broad SMARTS) is 1. The highest BCUT2D eigenvalue weighted by Crippen LogP contribution is 2.17. The van der Waals surface area contributed by atoms with Gasteiger partial charge in [0.15, 0.2) is 0 Å². The first kappa shape index (κ1) is 7.24. The van der Waals surface area contributed by atoms with E-state index in [1.807, 2.05) is 0 Å². The zero-order valence-corrected chi connectivity index (χ0v) is 6.76. The van der Waals surface area contributed by atoms with Crippen LogP contribution in [-0.4, -0.2) is 16.1 Å². The third-order valence-corrected chi connectivity index (χ3v) is 2.27. The van der Waals surface area contributed by atoms with Crippen molar-refractivity contribution in [2.24, 2.45) is 0 Å². The fourth-order valence-electron chi connectivity index (χ4n) is 0.920.